The molecule has 1 aromatic heterocycles. The monoisotopic (exact) mass is 276 g/mol. The lowest BCUT2D eigenvalue weighted by atomic mass is 10.1. The third-order valence-electron chi connectivity index (χ3n) is 2.91. The lowest BCUT2D eigenvalue weighted by molar-refractivity contribution is 0.0951. The van der Waals surface area contributed by atoms with Gasteiger partial charge in [0.05, 0.1) is 5.01 Å². The summed E-state index contributed by atoms with van der Waals surface area (Å²) < 4.78 is 0. The molecule has 2 rings (SSSR count). The van der Waals surface area contributed by atoms with Gasteiger partial charge in [0.15, 0.2) is 0 Å². The van der Waals surface area contributed by atoms with E-state index in [2.05, 4.69) is 10.3 Å². The maximum atomic E-state index is 11.9. The number of hydrogen-bond donors (Lipinski definition) is 2. The fourth-order valence-electron chi connectivity index (χ4n) is 1.66. The Morgan fingerprint density at radius 2 is 2.32 bits per heavy atom. The van der Waals surface area contributed by atoms with Gasteiger partial charge in [-0.2, -0.15) is 0 Å². The number of rotatable bonds is 4. The van der Waals surface area contributed by atoms with Crippen molar-refractivity contribution >= 4 is 17.2 Å². The summed E-state index contributed by atoms with van der Waals surface area (Å²) in [6.07, 6.45) is 1.76. The van der Waals surface area contributed by atoms with Gasteiger partial charge in [-0.3, -0.25) is 4.79 Å². The van der Waals surface area contributed by atoms with Crippen LogP contribution in [0.3, 0.4) is 0 Å². The van der Waals surface area contributed by atoms with Crippen LogP contribution in [0.25, 0.3) is 0 Å². The molecule has 1 aromatic carbocycles. The zero-order valence-electron chi connectivity index (χ0n) is 10.9. The number of nitrogens with one attached hydrogen (secondary N) is 1. The Morgan fingerprint density at radius 3 is 2.95 bits per heavy atom. The lowest BCUT2D eigenvalue weighted by Gasteiger charge is -2.10. The molecule has 5 heteroatoms. The second-order valence-electron chi connectivity index (χ2n) is 4.48. The van der Waals surface area contributed by atoms with E-state index in [1.54, 1.807) is 36.6 Å². The molecule has 0 saturated heterocycles. The van der Waals surface area contributed by atoms with Gasteiger partial charge in [-0.05, 0) is 24.6 Å². The summed E-state index contributed by atoms with van der Waals surface area (Å²) in [7, 11) is 0. The number of aromatic hydroxyl groups is 1. The number of amides is 1. The highest BCUT2D eigenvalue weighted by Gasteiger charge is 2.12. The average Bonchev–Trinajstić information content (AvgIpc) is 2.92. The highest BCUT2D eigenvalue weighted by molar-refractivity contribution is 7.09. The van der Waals surface area contributed by atoms with Crippen molar-refractivity contribution in [3.05, 3.63) is 45.9 Å². The van der Waals surface area contributed by atoms with Crippen LogP contribution in [0, 0.1) is 6.92 Å². The Hall–Kier alpha value is -1.88. The topological polar surface area (TPSA) is 62.2 Å². The molecule has 4 nitrogen and oxygen atoms in total. The van der Waals surface area contributed by atoms with E-state index in [4.69, 9.17) is 0 Å². The fourth-order valence-corrected chi connectivity index (χ4v) is 2.36. The van der Waals surface area contributed by atoms with Crippen molar-refractivity contribution in [1.29, 1.82) is 0 Å². The molecular formula is C14H16N2O2S. The summed E-state index contributed by atoms with van der Waals surface area (Å²) in [6.45, 7) is 4.34. The van der Waals surface area contributed by atoms with Gasteiger partial charge in [-0.25, -0.2) is 4.98 Å². The standard InChI is InChI=1S/C14H16N2O2S/c1-9-3-4-11(7-12(9)17)13(18)16-8-10(2)14-15-5-6-19-14/h3-7,10,17H,8H2,1-2H3,(H,16,18). The summed E-state index contributed by atoms with van der Waals surface area (Å²) >= 11 is 1.58. The van der Waals surface area contributed by atoms with Crippen molar-refractivity contribution in [2.24, 2.45) is 0 Å². The van der Waals surface area contributed by atoms with E-state index in [0.29, 0.717) is 12.1 Å². The van der Waals surface area contributed by atoms with Gasteiger partial charge in [0.1, 0.15) is 5.75 Å². The van der Waals surface area contributed by atoms with Gasteiger partial charge in [-0.15, -0.1) is 11.3 Å². The number of carbonyl (C=O) groups is 1. The highest BCUT2D eigenvalue weighted by Crippen LogP contribution is 2.18. The molecule has 0 aliphatic heterocycles. The zero-order chi connectivity index (χ0) is 13.8. The van der Waals surface area contributed by atoms with Gasteiger partial charge in [-0.1, -0.05) is 13.0 Å². The van der Waals surface area contributed by atoms with E-state index in [1.165, 1.54) is 6.07 Å². The molecule has 1 heterocycles. The molecular weight excluding hydrogens is 260 g/mol. The number of hydrogen-bond acceptors (Lipinski definition) is 4. The maximum absolute atomic E-state index is 11.9. The first-order valence-corrected chi connectivity index (χ1v) is 6.93. The van der Waals surface area contributed by atoms with Crippen LogP contribution in [-0.2, 0) is 0 Å². The molecule has 100 valence electrons. The van der Waals surface area contributed by atoms with Crippen molar-refractivity contribution in [3.8, 4) is 5.75 Å². The fraction of sp³-hybridized carbons (Fsp3) is 0.286. The largest absolute Gasteiger partial charge is 0.508 e. The van der Waals surface area contributed by atoms with Gasteiger partial charge in [0, 0.05) is 29.6 Å². The second kappa shape index (κ2) is 5.84. The molecule has 0 aliphatic rings. The molecule has 0 bridgehead atoms. The van der Waals surface area contributed by atoms with Crippen LogP contribution < -0.4 is 5.32 Å². The summed E-state index contributed by atoms with van der Waals surface area (Å²) in [5, 5.41) is 15.4. The molecule has 0 fully saturated rings. The van der Waals surface area contributed by atoms with Crippen LogP contribution in [0.1, 0.15) is 33.8 Å². The predicted octanol–water partition coefficient (Wildman–Crippen LogP) is 2.69. The third-order valence-corrected chi connectivity index (χ3v) is 3.92. The van der Waals surface area contributed by atoms with Gasteiger partial charge < -0.3 is 10.4 Å². The van der Waals surface area contributed by atoms with E-state index < -0.39 is 0 Å². The molecule has 0 spiro atoms. The maximum Gasteiger partial charge on any atom is 0.251 e. The minimum atomic E-state index is -0.182. The minimum Gasteiger partial charge on any atom is -0.508 e. The van der Waals surface area contributed by atoms with E-state index in [9.17, 15) is 9.90 Å². The predicted molar refractivity (Wildman–Crippen MR) is 75.7 cm³/mol. The Balaban J connectivity index is 1.96. The first kappa shape index (κ1) is 13.5. The number of thiazole rings is 1. The molecule has 2 N–H and O–H groups in total. The van der Waals surface area contributed by atoms with Crippen LogP contribution >= 0.6 is 11.3 Å². The summed E-state index contributed by atoms with van der Waals surface area (Å²) in [4.78, 5) is 16.2. The van der Waals surface area contributed by atoms with Crippen LogP contribution in [0.15, 0.2) is 29.8 Å². The average molecular weight is 276 g/mol. The van der Waals surface area contributed by atoms with Crippen LogP contribution in [0.4, 0.5) is 0 Å². The second-order valence-corrected chi connectivity index (χ2v) is 5.41. The number of nitrogens with zero attached hydrogens (tertiary/aromatic N) is 1. The molecule has 0 radical (unpaired) electrons. The Kier molecular flexibility index (Phi) is 4.16. The Bertz CT molecular complexity index is 567. The molecule has 2 aromatic rings. The number of benzene rings is 1. The number of aromatic nitrogens is 1. The quantitative estimate of drug-likeness (QED) is 0.902. The first-order valence-electron chi connectivity index (χ1n) is 6.05. The van der Waals surface area contributed by atoms with Crippen molar-refractivity contribution in [3.63, 3.8) is 0 Å². The van der Waals surface area contributed by atoms with E-state index >= 15 is 0 Å². The summed E-state index contributed by atoms with van der Waals surface area (Å²) in [5.74, 6) is 0.141. The Labute approximate surface area is 116 Å². The van der Waals surface area contributed by atoms with Gasteiger partial charge in [0.2, 0.25) is 0 Å². The number of phenols is 1. The van der Waals surface area contributed by atoms with E-state index in [1.807, 2.05) is 12.3 Å². The summed E-state index contributed by atoms with van der Waals surface area (Å²) in [5.41, 5.74) is 1.22. The number of carbonyl (C=O) groups excluding carboxylic acids is 1. The van der Waals surface area contributed by atoms with Crippen LogP contribution in [0.2, 0.25) is 0 Å². The molecule has 1 atom stereocenters. The third kappa shape index (κ3) is 3.32. The molecule has 1 amide bonds. The normalized spacial score (nSPS) is 12.1. The van der Waals surface area contributed by atoms with Gasteiger partial charge >= 0.3 is 0 Å². The van der Waals surface area contributed by atoms with E-state index in [0.717, 1.165) is 10.6 Å². The van der Waals surface area contributed by atoms with Crippen LogP contribution in [-0.4, -0.2) is 22.5 Å². The number of aryl methyl sites for hydroxylation is 1. The van der Waals surface area contributed by atoms with Crippen molar-refractivity contribution in [2.45, 2.75) is 19.8 Å². The SMILES string of the molecule is Cc1ccc(C(=O)NCC(C)c2nccs2)cc1O. The van der Waals surface area contributed by atoms with Crippen LogP contribution in [0.5, 0.6) is 5.75 Å². The lowest BCUT2D eigenvalue weighted by Crippen LogP contribution is -2.27. The molecule has 0 saturated carbocycles. The summed E-state index contributed by atoms with van der Waals surface area (Å²) in [6, 6.07) is 4.92. The molecule has 0 aliphatic carbocycles. The molecule has 19 heavy (non-hydrogen) atoms. The Morgan fingerprint density at radius 1 is 1.53 bits per heavy atom. The van der Waals surface area contributed by atoms with Crippen molar-refractivity contribution < 1.29 is 9.90 Å². The minimum absolute atomic E-state index is 0.139. The van der Waals surface area contributed by atoms with Crippen molar-refractivity contribution in [1.82, 2.24) is 10.3 Å². The zero-order valence-corrected chi connectivity index (χ0v) is 11.7. The highest BCUT2D eigenvalue weighted by atomic mass is 32.1. The number of phenolic OH excluding ortho intramolecular Hbond substituents is 1. The molecule has 1 unspecified atom stereocenters. The first-order chi connectivity index (χ1) is 9.08. The smallest absolute Gasteiger partial charge is 0.251 e. The van der Waals surface area contributed by atoms with Crippen molar-refractivity contribution in [2.75, 3.05) is 6.54 Å². The van der Waals surface area contributed by atoms with Gasteiger partial charge in [0.25, 0.3) is 5.91 Å². The van der Waals surface area contributed by atoms with E-state index in [-0.39, 0.29) is 17.6 Å².